The number of carbonyl (C=O) groups is 2. The summed E-state index contributed by atoms with van der Waals surface area (Å²) in [6, 6.07) is 27.4. The number of nitrogens with zero attached hydrogens (tertiary/aromatic N) is 2. The van der Waals surface area contributed by atoms with Crippen LogP contribution in [-0.4, -0.2) is 22.0 Å². The van der Waals surface area contributed by atoms with Crippen molar-refractivity contribution < 1.29 is 14.4 Å². The first kappa shape index (κ1) is 25.8. The van der Waals surface area contributed by atoms with Gasteiger partial charge in [0.15, 0.2) is 5.78 Å². The number of hydrogen-bond donors (Lipinski definition) is 0. The standard InChI is InChI=1S/C31H25ClN2O3S/c1-4-34-29-14-10-21(19(2)33-37-20(3)35)16-26(29)27-17-22(11-15-30(27)34)31(36)25-13-12-24(18-28(25)32)38-23-8-6-5-7-9-23/h5-18H,4H2,1-3H3/b33-19+. The van der Waals surface area contributed by atoms with E-state index < -0.39 is 5.97 Å². The van der Waals surface area contributed by atoms with E-state index in [0.29, 0.717) is 21.9 Å². The molecule has 0 aliphatic carbocycles. The van der Waals surface area contributed by atoms with Crippen molar-refractivity contribution >= 4 is 62.6 Å². The molecule has 38 heavy (non-hydrogen) atoms. The summed E-state index contributed by atoms with van der Waals surface area (Å²) in [4.78, 5) is 31.6. The van der Waals surface area contributed by atoms with Crippen molar-refractivity contribution in [3.63, 3.8) is 0 Å². The molecule has 0 spiro atoms. The Hall–Kier alpha value is -3.87. The maximum Gasteiger partial charge on any atom is 0.331 e. The summed E-state index contributed by atoms with van der Waals surface area (Å²) >= 11 is 8.20. The number of carbonyl (C=O) groups excluding carboxylic acids is 2. The zero-order chi connectivity index (χ0) is 26.8. The average Bonchev–Trinajstić information content (AvgIpc) is 3.24. The number of aromatic nitrogens is 1. The van der Waals surface area contributed by atoms with Crippen LogP contribution in [0.25, 0.3) is 21.8 Å². The molecule has 0 amide bonds. The molecule has 0 unspecified atom stereocenters. The summed E-state index contributed by atoms with van der Waals surface area (Å²) < 4.78 is 2.21. The molecule has 0 fully saturated rings. The molecule has 1 aromatic heterocycles. The molecule has 190 valence electrons. The normalized spacial score (nSPS) is 11.7. The lowest BCUT2D eigenvalue weighted by Gasteiger charge is -2.08. The van der Waals surface area contributed by atoms with Crippen LogP contribution in [-0.2, 0) is 16.2 Å². The molecule has 5 aromatic rings. The number of hydrogen-bond acceptors (Lipinski definition) is 5. The van der Waals surface area contributed by atoms with E-state index in [1.165, 1.54) is 6.92 Å². The summed E-state index contributed by atoms with van der Waals surface area (Å²) in [6.07, 6.45) is 0. The second kappa shape index (κ2) is 10.9. The fourth-order valence-corrected chi connectivity index (χ4v) is 5.73. The maximum absolute atomic E-state index is 13.6. The lowest BCUT2D eigenvalue weighted by Crippen LogP contribution is -2.02. The van der Waals surface area contributed by atoms with E-state index in [9.17, 15) is 9.59 Å². The Bertz CT molecular complexity index is 1720. The fourth-order valence-electron chi connectivity index (χ4n) is 4.52. The van der Waals surface area contributed by atoms with E-state index in [4.69, 9.17) is 16.4 Å². The molecule has 7 heteroatoms. The number of aryl methyl sites for hydroxylation is 1. The Labute approximate surface area is 230 Å². The largest absolute Gasteiger partial charge is 0.341 e. The van der Waals surface area contributed by atoms with Crippen molar-refractivity contribution in [3.8, 4) is 0 Å². The summed E-state index contributed by atoms with van der Waals surface area (Å²) in [5.41, 5.74) is 4.54. The monoisotopic (exact) mass is 540 g/mol. The van der Waals surface area contributed by atoms with E-state index in [1.54, 1.807) is 24.8 Å². The van der Waals surface area contributed by atoms with Crippen LogP contribution < -0.4 is 0 Å². The Morgan fingerprint density at radius 2 is 1.50 bits per heavy atom. The van der Waals surface area contributed by atoms with Crippen LogP contribution in [0.15, 0.2) is 99.9 Å². The lowest BCUT2D eigenvalue weighted by atomic mass is 10.0. The molecule has 0 aliphatic heterocycles. The van der Waals surface area contributed by atoms with E-state index in [0.717, 1.165) is 43.7 Å². The molecule has 0 bridgehead atoms. The average molecular weight is 541 g/mol. The highest BCUT2D eigenvalue weighted by molar-refractivity contribution is 7.99. The van der Waals surface area contributed by atoms with Gasteiger partial charge in [-0.3, -0.25) is 4.79 Å². The Morgan fingerprint density at radius 3 is 2.13 bits per heavy atom. The zero-order valence-electron chi connectivity index (χ0n) is 21.2. The summed E-state index contributed by atoms with van der Waals surface area (Å²) in [6.45, 7) is 5.97. The molecule has 5 nitrogen and oxygen atoms in total. The molecule has 4 aromatic carbocycles. The second-order valence-corrected chi connectivity index (χ2v) is 10.4. The molecule has 0 saturated carbocycles. The van der Waals surface area contributed by atoms with E-state index >= 15 is 0 Å². The Kier molecular flexibility index (Phi) is 7.36. The second-order valence-electron chi connectivity index (χ2n) is 8.85. The third-order valence-corrected chi connectivity index (χ3v) is 7.65. The number of oxime groups is 1. The smallest absolute Gasteiger partial charge is 0.331 e. The molecule has 0 aliphatic rings. The van der Waals surface area contributed by atoms with Gasteiger partial charge in [0, 0.05) is 56.2 Å². The fraction of sp³-hybridized carbons (Fsp3) is 0.129. The molecule has 1 heterocycles. The van der Waals surface area contributed by atoms with Gasteiger partial charge in [0.25, 0.3) is 0 Å². The van der Waals surface area contributed by atoms with Crippen LogP contribution in [0.4, 0.5) is 0 Å². The third-order valence-electron chi connectivity index (χ3n) is 6.34. The minimum absolute atomic E-state index is 0.130. The van der Waals surface area contributed by atoms with Crippen molar-refractivity contribution in [3.05, 3.63) is 107 Å². The highest BCUT2D eigenvalue weighted by atomic mass is 35.5. The van der Waals surface area contributed by atoms with Crippen molar-refractivity contribution in [2.45, 2.75) is 37.1 Å². The molecule has 0 radical (unpaired) electrons. The van der Waals surface area contributed by atoms with Crippen LogP contribution >= 0.6 is 23.4 Å². The predicted molar refractivity (Wildman–Crippen MR) is 155 cm³/mol. The number of fused-ring (bicyclic) bond motifs is 3. The van der Waals surface area contributed by atoms with Crippen molar-refractivity contribution in [2.24, 2.45) is 5.16 Å². The van der Waals surface area contributed by atoms with E-state index in [2.05, 4.69) is 16.6 Å². The topological polar surface area (TPSA) is 60.7 Å². The number of ketones is 1. The van der Waals surface area contributed by atoms with E-state index in [1.807, 2.05) is 78.9 Å². The first-order valence-electron chi connectivity index (χ1n) is 12.2. The van der Waals surface area contributed by atoms with Crippen molar-refractivity contribution in [1.82, 2.24) is 4.57 Å². The predicted octanol–water partition coefficient (Wildman–Crippen LogP) is 8.14. The molecule has 0 saturated heterocycles. The van der Waals surface area contributed by atoms with Crippen LogP contribution in [0.1, 0.15) is 42.3 Å². The Morgan fingerprint density at radius 1 is 0.842 bits per heavy atom. The van der Waals surface area contributed by atoms with Gasteiger partial charge in [0.2, 0.25) is 0 Å². The number of benzene rings is 4. The van der Waals surface area contributed by atoms with Gasteiger partial charge in [-0.25, -0.2) is 4.79 Å². The highest BCUT2D eigenvalue weighted by Gasteiger charge is 2.17. The first-order valence-corrected chi connectivity index (χ1v) is 13.4. The van der Waals surface area contributed by atoms with Crippen molar-refractivity contribution in [1.29, 1.82) is 0 Å². The van der Waals surface area contributed by atoms with Gasteiger partial charge in [-0.05, 0) is 80.1 Å². The van der Waals surface area contributed by atoms with Gasteiger partial charge < -0.3 is 9.40 Å². The van der Waals surface area contributed by atoms with Gasteiger partial charge in [-0.15, -0.1) is 0 Å². The van der Waals surface area contributed by atoms with Gasteiger partial charge in [0.05, 0.1) is 10.7 Å². The summed E-state index contributed by atoms with van der Waals surface area (Å²) in [5.74, 6) is -0.601. The number of halogens is 1. The molecular formula is C31H25ClN2O3S. The van der Waals surface area contributed by atoms with Crippen LogP contribution in [0, 0.1) is 0 Å². The Balaban J connectivity index is 1.53. The summed E-state index contributed by atoms with van der Waals surface area (Å²) in [7, 11) is 0. The summed E-state index contributed by atoms with van der Waals surface area (Å²) in [5, 5.41) is 6.30. The van der Waals surface area contributed by atoms with E-state index in [-0.39, 0.29) is 5.78 Å². The maximum atomic E-state index is 13.6. The van der Waals surface area contributed by atoms with Crippen LogP contribution in [0.2, 0.25) is 5.02 Å². The SMILES string of the molecule is CCn1c2ccc(C(=O)c3ccc(Sc4ccccc4)cc3Cl)cc2c2cc(/C(C)=N/OC(C)=O)ccc21. The first-order chi connectivity index (χ1) is 18.4. The molecular weight excluding hydrogens is 516 g/mol. The van der Waals surface area contributed by atoms with Gasteiger partial charge in [-0.2, -0.15) is 0 Å². The quantitative estimate of drug-likeness (QED) is 0.0904. The molecule has 0 atom stereocenters. The highest BCUT2D eigenvalue weighted by Crippen LogP contribution is 2.34. The van der Waals surface area contributed by atoms with Crippen molar-refractivity contribution in [2.75, 3.05) is 0 Å². The zero-order valence-corrected chi connectivity index (χ0v) is 22.8. The lowest BCUT2D eigenvalue weighted by molar-refractivity contribution is -0.140. The van der Waals surface area contributed by atoms with Crippen LogP contribution in [0.3, 0.4) is 0 Å². The van der Waals surface area contributed by atoms with Gasteiger partial charge in [0.1, 0.15) is 0 Å². The van der Waals surface area contributed by atoms with Gasteiger partial charge >= 0.3 is 5.97 Å². The molecule has 0 N–H and O–H groups in total. The van der Waals surface area contributed by atoms with Crippen LogP contribution in [0.5, 0.6) is 0 Å². The minimum Gasteiger partial charge on any atom is -0.341 e. The minimum atomic E-state index is -0.471. The van der Waals surface area contributed by atoms with Gasteiger partial charge in [-0.1, -0.05) is 52.8 Å². The number of rotatable bonds is 7. The molecule has 5 rings (SSSR count). The third kappa shape index (κ3) is 5.10.